The van der Waals surface area contributed by atoms with Crippen molar-refractivity contribution in [3.05, 3.63) is 22.2 Å². The lowest BCUT2D eigenvalue weighted by Crippen LogP contribution is -2.00. The van der Waals surface area contributed by atoms with Crippen molar-refractivity contribution < 1.29 is 4.79 Å². The molecule has 11 heavy (non-hydrogen) atoms. The van der Waals surface area contributed by atoms with Crippen molar-refractivity contribution in [2.24, 2.45) is 0 Å². The van der Waals surface area contributed by atoms with Gasteiger partial charge in [0.25, 0.3) is 0 Å². The second-order valence-electron chi connectivity index (χ2n) is 2.19. The van der Waals surface area contributed by atoms with Crippen molar-refractivity contribution in [3.8, 4) is 0 Å². The maximum Gasteiger partial charge on any atom is 0.179 e. The first-order valence-corrected chi connectivity index (χ1v) is 3.90. The monoisotopic (exact) mass is 214 g/mol. The van der Waals surface area contributed by atoms with E-state index in [0.717, 1.165) is 5.69 Å². The Labute approximate surface area is 73.0 Å². The van der Waals surface area contributed by atoms with E-state index in [1.54, 1.807) is 6.92 Å². The molecular weight excluding hydrogens is 208 g/mol. The molecule has 0 bridgehead atoms. The third-order valence-electron chi connectivity index (χ3n) is 1.25. The molecule has 0 aromatic carbocycles. The molecule has 0 aliphatic carbocycles. The van der Waals surface area contributed by atoms with E-state index in [0.29, 0.717) is 10.3 Å². The van der Waals surface area contributed by atoms with E-state index in [4.69, 9.17) is 0 Å². The number of hydrogen-bond donors (Lipinski definition) is 0. The normalized spacial score (nSPS) is 9.73. The van der Waals surface area contributed by atoms with Crippen LogP contribution in [0.4, 0.5) is 0 Å². The molecule has 0 spiro atoms. The molecule has 1 aromatic rings. The number of nitrogens with zero attached hydrogens (tertiary/aromatic N) is 2. The van der Waals surface area contributed by atoms with Crippen molar-refractivity contribution in [2.75, 3.05) is 0 Å². The van der Waals surface area contributed by atoms with Gasteiger partial charge in [0.1, 0.15) is 10.3 Å². The highest BCUT2D eigenvalue weighted by molar-refractivity contribution is 9.10. The summed E-state index contributed by atoms with van der Waals surface area (Å²) in [5, 5.41) is 0. The molecule has 0 atom stereocenters. The number of carbonyl (C=O) groups excluding carboxylic acids is 1. The Morgan fingerprint density at radius 2 is 2.27 bits per heavy atom. The average Bonchev–Trinajstić information content (AvgIpc) is 1.94. The summed E-state index contributed by atoms with van der Waals surface area (Å²) >= 11 is 3.19. The predicted octanol–water partition coefficient (Wildman–Crippen LogP) is 1.75. The van der Waals surface area contributed by atoms with Crippen molar-refractivity contribution in [2.45, 2.75) is 13.8 Å². The number of hydrogen-bond acceptors (Lipinski definition) is 3. The molecule has 1 heterocycles. The molecule has 0 amide bonds. The Morgan fingerprint density at radius 1 is 1.64 bits per heavy atom. The van der Waals surface area contributed by atoms with Gasteiger partial charge >= 0.3 is 0 Å². The van der Waals surface area contributed by atoms with E-state index < -0.39 is 0 Å². The van der Waals surface area contributed by atoms with E-state index >= 15 is 0 Å². The molecule has 4 heteroatoms. The Balaban J connectivity index is 3.15. The third kappa shape index (κ3) is 1.83. The molecule has 0 N–H and O–H groups in total. The van der Waals surface area contributed by atoms with Gasteiger partial charge in [0.15, 0.2) is 5.78 Å². The van der Waals surface area contributed by atoms with Crippen molar-refractivity contribution in [1.82, 2.24) is 9.97 Å². The quantitative estimate of drug-likeness (QED) is 0.670. The van der Waals surface area contributed by atoms with Gasteiger partial charge in [-0.2, -0.15) is 0 Å². The van der Waals surface area contributed by atoms with Gasteiger partial charge in [0.05, 0.1) is 11.9 Å². The first-order chi connectivity index (χ1) is 5.11. The summed E-state index contributed by atoms with van der Waals surface area (Å²) in [6, 6.07) is 0. The van der Waals surface area contributed by atoms with Gasteiger partial charge in [0, 0.05) is 6.92 Å². The molecule has 0 unspecified atom stereocenters. The number of aromatic nitrogens is 2. The van der Waals surface area contributed by atoms with Gasteiger partial charge in [-0.3, -0.25) is 4.79 Å². The molecule has 58 valence electrons. The summed E-state index contributed by atoms with van der Waals surface area (Å²) in [4.78, 5) is 18.7. The van der Waals surface area contributed by atoms with Crippen molar-refractivity contribution in [1.29, 1.82) is 0 Å². The van der Waals surface area contributed by atoms with E-state index in [9.17, 15) is 4.79 Å². The Morgan fingerprint density at radius 3 is 2.73 bits per heavy atom. The fourth-order valence-electron chi connectivity index (χ4n) is 0.637. The lowest BCUT2D eigenvalue weighted by Gasteiger charge is -1.97. The first kappa shape index (κ1) is 8.33. The Hall–Kier alpha value is -0.770. The van der Waals surface area contributed by atoms with Crippen LogP contribution >= 0.6 is 15.9 Å². The SMILES string of the molecule is CC(=O)c1cnc(Br)c(C)n1. The highest BCUT2D eigenvalue weighted by atomic mass is 79.9. The smallest absolute Gasteiger partial charge is 0.179 e. The summed E-state index contributed by atoms with van der Waals surface area (Å²) in [5.41, 5.74) is 1.14. The van der Waals surface area contributed by atoms with Crippen LogP contribution in [0, 0.1) is 6.92 Å². The van der Waals surface area contributed by atoms with Crippen LogP contribution in [0.5, 0.6) is 0 Å². The number of halogens is 1. The molecular formula is C7H7BrN2O. The summed E-state index contributed by atoms with van der Waals surface area (Å²) in [6.45, 7) is 3.26. The maximum atomic E-state index is 10.8. The number of carbonyl (C=O) groups is 1. The first-order valence-electron chi connectivity index (χ1n) is 3.11. The van der Waals surface area contributed by atoms with Crippen LogP contribution < -0.4 is 0 Å². The molecule has 0 saturated carbocycles. The van der Waals surface area contributed by atoms with E-state index in [1.807, 2.05) is 0 Å². The Kier molecular flexibility index (Phi) is 2.34. The lowest BCUT2D eigenvalue weighted by atomic mass is 10.3. The molecule has 0 aliphatic heterocycles. The van der Waals surface area contributed by atoms with Crippen molar-refractivity contribution in [3.63, 3.8) is 0 Å². The van der Waals surface area contributed by atoms with E-state index in [2.05, 4.69) is 25.9 Å². The minimum atomic E-state index is -0.0619. The zero-order chi connectivity index (χ0) is 8.43. The van der Waals surface area contributed by atoms with Crippen LogP contribution in [0.25, 0.3) is 0 Å². The van der Waals surface area contributed by atoms with Gasteiger partial charge in [-0.1, -0.05) is 0 Å². The zero-order valence-electron chi connectivity index (χ0n) is 6.26. The highest BCUT2D eigenvalue weighted by Crippen LogP contribution is 2.09. The van der Waals surface area contributed by atoms with Gasteiger partial charge in [-0.05, 0) is 22.9 Å². The Bertz CT molecular complexity index is 298. The molecule has 1 rings (SSSR count). The van der Waals surface area contributed by atoms with Crippen LogP contribution in [0.2, 0.25) is 0 Å². The van der Waals surface area contributed by atoms with Gasteiger partial charge in [-0.15, -0.1) is 0 Å². The maximum absolute atomic E-state index is 10.8. The zero-order valence-corrected chi connectivity index (χ0v) is 7.84. The molecule has 3 nitrogen and oxygen atoms in total. The summed E-state index contributed by atoms with van der Waals surface area (Å²) in [7, 11) is 0. The van der Waals surface area contributed by atoms with Crippen LogP contribution in [-0.4, -0.2) is 15.8 Å². The van der Waals surface area contributed by atoms with Crippen LogP contribution in [0.1, 0.15) is 23.1 Å². The molecule has 0 radical (unpaired) electrons. The predicted molar refractivity (Wildman–Crippen MR) is 44.5 cm³/mol. The fourth-order valence-corrected chi connectivity index (χ4v) is 0.828. The van der Waals surface area contributed by atoms with Crippen LogP contribution in [0.15, 0.2) is 10.8 Å². The van der Waals surface area contributed by atoms with Crippen LogP contribution in [-0.2, 0) is 0 Å². The largest absolute Gasteiger partial charge is 0.293 e. The van der Waals surface area contributed by atoms with Gasteiger partial charge in [-0.25, -0.2) is 9.97 Å². The van der Waals surface area contributed by atoms with Gasteiger partial charge < -0.3 is 0 Å². The second kappa shape index (κ2) is 3.09. The van der Waals surface area contributed by atoms with Crippen LogP contribution in [0.3, 0.4) is 0 Å². The number of ketones is 1. The highest BCUT2D eigenvalue weighted by Gasteiger charge is 2.03. The summed E-state index contributed by atoms with van der Waals surface area (Å²) < 4.78 is 0.683. The van der Waals surface area contributed by atoms with E-state index in [1.165, 1.54) is 13.1 Å². The number of Topliss-reactive ketones (excluding diaryl/α,β-unsaturated/α-hetero) is 1. The summed E-state index contributed by atoms with van der Waals surface area (Å²) in [6.07, 6.45) is 1.46. The number of aryl methyl sites for hydroxylation is 1. The average molecular weight is 215 g/mol. The lowest BCUT2D eigenvalue weighted by molar-refractivity contribution is 0.101. The van der Waals surface area contributed by atoms with Gasteiger partial charge in [0.2, 0.25) is 0 Å². The third-order valence-corrected chi connectivity index (χ3v) is 2.03. The topological polar surface area (TPSA) is 42.9 Å². The molecule has 0 fully saturated rings. The molecule has 1 aromatic heterocycles. The minimum Gasteiger partial charge on any atom is -0.293 e. The fraction of sp³-hybridized carbons (Fsp3) is 0.286. The minimum absolute atomic E-state index is 0.0619. The van der Waals surface area contributed by atoms with Crippen molar-refractivity contribution >= 4 is 21.7 Å². The summed E-state index contributed by atoms with van der Waals surface area (Å²) in [5.74, 6) is -0.0619. The standard InChI is InChI=1S/C7H7BrN2O/c1-4-7(8)9-3-6(10-4)5(2)11/h3H,1-2H3. The van der Waals surface area contributed by atoms with E-state index in [-0.39, 0.29) is 5.78 Å². The molecule has 0 saturated heterocycles. The second-order valence-corrected chi connectivity index (χ2v) is 2.94. The molecule has 0 aliphatic rings. The number of rotatable bonds is 1.